The highest BCUT2D eigenvalue weighted by Gasteiger charge is 2.05. The molecule has 2 rings (SSSR count). The molecule has 4 nitrogen and oxygen atoms in total. The number of rotatable bonds is 7. The molecule has 0 atom stereocenters. The molecule has 0 radical (unpaired) electrons. The van der Waals surface area contributed by atoms with Gasteiger partial charge in [-0.1, -0.05) is 37.2 Å². The lowest BCUT2D eigenvalue weighted by atomic mass is 10.2. The summed E-state index contributed by atoms with van der Waals surface area (Å²) >= 11 is 3.04. The fourth-order valence-electron chi connectivity index (χ4n) is 1.62. The zero-order valence-electron chi connectivity index (χ0n) is 11.3. The van der Waals surface area contributed by atoms with Crippen LogP contribution in [0.2, 0.25) is 0 Å². The third-order valence-electron chi connectivity index (χ3n) is 2.63. The molecule has 0 aliphatic carbocycles. The molecule has 0 aliphatic heterocycles. The molecule has 0 saturated carbocycles. The summed E-state index contributed by atoms with van der Waals surface area (Å²) in [5.41, 5.74) is 0. The maximum absolute atomic E-state index is 11.7. The second-order valence-electron chi connectivity index (χ2n) is 4.30. The van der Waals surface area contributed by atoms with E-state index in [2.05, 4.69) is 22.4 Å². The van der Waals surface area contributed by atoms with Crippen LogP contribution in [-0.4, -0.2) is 16.1 Å². The molecule has 0 aromatic carbocycles. The van der Waals surface area contributed by atoms with Gasteiger partial charge >= 0.3 is 0 Å². The molecule has 0 saturated heterocycles. The Labute approximate surface area is 126 Å². The van der Waals surface area contributed by atoms with E-state index in [0.717, 1.165) is 22.7 Å². The lowest BCUT2D eigenvalue weighted by Gasteiger charge is -1.94. The molecule has 20 heavy (non-hydrogen) atoms. The maximum Gasteiger partial charge on any atom is 0.250 e. The molecule has 0 bridgehead atoms. The van der Waals surface area contributed by atoms with Crippen LogP contribution < -0.4 is 5.32 Å². The van der Waals surface area contributed by atoms with Crippen LogP contribution in [0, 0.1) is 0 Å². The van der Waals surface area contributed by atoms with E-state index < -0.39 is 0 Å². The number of aromatic nitrogens is 2. The quantitative estimate of drug-likeness (QED) is 0.621. The summed E-state index contributed by atoms with van der Waals surface area (Å²) in [5.74, 6) is -0.172. The van der Waals surface area contributed by atoms with Crippen LogP contribution in [0.15, 0.2) is 23.6 Å². The van der Waals surface area contributed by atoms with Crippen molar-refractivity contribution in [3.63, 3.8) is 0 Å². The molecule has 2 aromatic heterocycles. The van der Waals surface area contributed by atoms with Crippen LogP contribution in [0.4, 0.5) is 5.13 Å². The minimum absolute atomic E-state index is 0.172. The summed E-state index contributed by atoms with van der Waals surface area (Å²) in [5, 5.41) is 14.3. The standard InChI is InChI=1S/C14H17N3OS2/c1-2-3-4-7-13-16-17-14(20-13)15-12(18)9-8-11-6-5-10-19-11/h5-6,8-10H,2-4,7H2,1H3,(H,15,17,18). The Bertz CT molecular complexity index is 561. The molecule has 2 heterocycles. The minimum Gasteiger partial charge on any atom is -0.297 e. The monoisotopic (exact) mass is 307 g/mol. The van der Waals surface area contributed by atoms with Gasteiger partial charge in [-0.3, -0.25) is 10.1 Å². The SMILES string of the molecule is CCCCCc1nnc(NC(=O)C=Cc2cccs2)s1. The largest absolute Gasteiger partial charge is 0.297 e. The van der Waals surface area contributed by atoms with Gasteiger partial charge in [-0.2, -0.15) is 0 Å². The first-order chi connectivity index (χ1) is 9.78. The summed E-state index contributed by atoms with van der Waals surface area (Å²) in [4.78, 5) is 12.8. The van der Waals surface area contributed by atoms with Gasteiger partial charge in [0, 0.05) is 17.4 Å². The topological polar surface area (TPSA) is 54.9 Å². The number of carbonyl (C=O) groups excluding carboxylic acids is 1. The number of amides is 1. The number of hydrogen-bond acceptors (Lipinski definition) is 5. The van der Waals surface area contributed by atoms with E-state index in [0.29, 0.717) is 5.13 Å². The van der Waals surface area contributed by atoms with Crippen LogP contribution >= 0.6 is 22.7 Å². The number of unbranched alkanes of at least 4 members (excludes halogenated alkanes) is 2. The molecule has 6 heteroatoms. The van der Waals surface area contributed by atoms with Crippen molar-refractivity contribution in [2.45, 2.75) is 32.6 Å². The fraction of sp³-hybridized carbons (Fsp3) is 0.357. The zero-order valence-corrected chi connectivity index (χ0v) is 13.0. The van der Waals surface area contributed by atoms with Crippen molar-refractivity contribution in [2.75, 3.05) is 5.32 Å². The molecule has 106 valence electrons. The van der Waals surface area contributed by atoms with Crippen molar-refractivity contribution in [1.29, 1.82) is 0 Å². The van der Waals surface area contributed by atoms with Crippen molar-refractivity contribution in [2.24, 2.45) is 0 Å². The van der Waals surface area contributed by atoms with Crippen molar-refractivity contribution >= 4 is 39.8 Å². The Morgan fingerprint density at radius 2 is 2.30 bits per heavy atom. The van der Waals surface area contributed by atoms with E-state index in [-0.39, 0.29) is 5.91 Å². The Hall–Kier alpha value is -1.53. The second-order valence-corrected chi connectivity index (χ2v) is 6.34. The Morgan fingerprint density at radius 1 is 1.40 bits per heavy atom. The molecule has 0 fully saturated rings. The van der Waals surface area contributed by atoms with E-state index in [1.165, 1.54) is 30.3 Å². The number of thiophene rings is 1. The zero-order chi connectivity index (χ0) is 14.2. The van der Waals surface area contributed by atoms with Gasteiger partial charge in [-0.05, 0) is 23.9 Å². The third-order valence-corrected chi connectivity index (χ3v) is 4.37. The minimum atomic E-state index is -0.172. The molecule has 0 unspecified atom stereocenters. The summed E-state index contributed by atoms with van der Waals surface area (Å²) in [6.07, 6.45) is 7.76. The van der Waals surface area contributed by atoms with Crippen LogP contribution in [0.1, 0.15) is 36.1 Å². The molecule has 2 aromatic rings. The van der Waals surface area contributed by atoms with Crippen molar-refractivity contribution in [3.8, 4) is 0 Å². The van der Waals surface area contributed by atoms with Crippen molar-refractivity contribution in [3.05, 3.63) is 33.5 Å². The van der Waals surface area contributed by atoms with Crippen molar-refractivity contribution in [1.82, 2.24) is 10.2 Å². The third kappa shape index (κ3) is 4.86. The van der Waals surface area contributed by atoms with Gasteiger partial charge in [0.1, 0.15) is 5.01 Å². The Balaban J connectivity index is 1.82. The Kier molecular flexibility index (Phi) is 5.88. The van der Waals surface area contributed by atoms with E-state index in [1.54, 1.807) is 17.4 Å². The number of nitrogens with one attached hydrogen (secondary N) is 1. The van der Waals surface area contributed by atoms with Crippen molar-refractivity contribution < 1.29 is 4.79 Å². The fourth-order valence-corrected chi connectivity index (χ4v) is 3.02. The predicted octanol–water partition coefficient (Wildman–Crippen LogP) is 3.98. The first kappa shape index (κ1) is 14.9. The molecule has 0 spiro atoms. The Morgan fingerprint density at radius 3 is 3.05 bits per heavy atom. The molecular weight excluding hydrogens is 290 g/mol. The number of anilines is 1. The maximum atomic E-state index is 11.7. The smallest absolute Gasteiger partial charge is 0.250 e. The number of nitrogens with zero attached hydrogens (tertiary/aromatic N) is 2. The average molecular weight is 307 g/mol. The van der Waals surface area contributed by atoms with Gasteiger partial charge in [0.25, 0.3) is 0 Å². The van der Waals surface area contributed by atoms with E-state index >= 15 is 0 Å². The first-order valence-electron chi connectivity index (χ1n) is 6.63. The number of hydrogen-bond donors (Lipinski definition) is 1. The highest BCUT2D eigenvalue weighted by atomic mass is 32.1. The lowest BCUT2D eigenvalue weighted by molar-refractivity contribution is -0.111. The van der Waals surface area contributed by atoms with Crippen LogP contribution in [0.25, 0.3) is 6.08 Å². The molecule has 1 N–H and O–H groups in total. The van der Waals surface area contributed by atoms with Gasteiger partial charge < -0.3 is 0 Å². The number of carbonyl (C=O) groups is 1. The summed E-state index contributed by atoms with van der Waals surface area (Å²) in [6.45, 7) is 2.17. The lowest BCUT2D eigenvalue weighted by Crippen LogP contribution is -2.07. The van der Waals surface area contributed by atoms with Gasteiger partial charge in [0.05, 0.1) is 0 Å². The van der Waals surface area contributed by atoms with Crippen LogP contribution in [-0.2, 0) is 11.2 Å². The van der Waals surface area contributed by atoms with Gasteiger partial charge in [0.15, 0.2) is 0 Å². The van der Waals surface area contributed by atoms with Crippen LogP contribution in [0.3, 0.4) is 0 Å². The molecule has 1 amide bonds. The summed E-state index contributed by atoms with van der Waals surface area (Å²) in [7, 11) is 0. The van der Waals surface area contributed by atoms with Gasteiger partial charge in [-0.25, -0.2) is 0 Å². The predicted molar refractivity (Wildman–Crippen MR) is 85.1 cm³/mol. The van der Waals surface area contributed by atoms with E-state index in [9.17, 15) is 4.79 Å². The van der Waals surface area contributed by atoms with E-state index in [4.69, 9.17) is 0 Å². The number of aryl methyl sites for hydroxylation is 1. The highest BCUT2D eigenvalue weighted by molar-refractivity contribution is 7.15. The summed E-state index contributed by atoms with van der Waals surface area (Å²) < 4.78 is 0. The second kappa shape index (κ2) is 7.91. The van der Waals surface area contributed by atoms with E-state index in [1.807, 2.05) is 17.5 Å². The average Bonchev–Trinajstić information content (AvgIpc) is 3.08. The van der Waals surface area contributed by atoms with Crippen LogP contribution in [0.5, 0.6) is 0 Å². The molecule has 0 aliphatic rings. The summed E-state index contributed by atoms with van der Waals surface area (Å²) in [6, 6.07) is 3.92. The highest BCUT2D eigenvalue weighted by Crippen LogP contribution is 2.17. The normalized spacial score (nSPS) is 11.1. The van der Waals surface area contributed by atoms with Gasteiger partial charge in [-0.15, -0.1) is 21.5 Å². The molecular formula is C14H17N3OS2. The first-order valence-corrected chi connectivity index (χ1v) is 8.32. The van der Waals surface area contributed by atoms with Gasteiger partial charge in [0.2, 0.25) is 11.0 Å².